The second kappa shape index (κ2) is 7.47. The van der Waals surface area contributed by atoms with Crippen LogP contribution in [0.15, 0.2) is 6.07 Å². The zero-order chi connectivity index (χ0) is 13.4. The number of aromatic nitrogens is 2. The maximum absolute atomic E-state index is 10.7. The summed E-state index contributed by atoms with van der Waals surface area (Å²) in [5, 5.41) is 6.11. The van der Waals surface area contributed by atoms with E-state index in [9.17, 15) is 4.79 Å². The summed E-state index contributed by atoms with van der Waals surface area (Å²) in [4.78, 5) is 19.5. The van der Waals surface area contributed by atoms with E-state index in [0.29, 0.717) is 5.82 Å². The fourth-order valence-corrected chi connectivity index (χ4v) is 1.44. The minimum absolute atomic E-state index is 0.0792. The van der Waals surface area contributed by atoms with Crippen LogP contribution >= 0.6 is 0 Å². The molecule has 1 heterocycles. The van der Waals surface area contributed by atoms with Gasteiger partial charge in [0.2, 0.25) is 5.91 Å². The number of amides is 1. The van der Waals surface area contributed by atoms with Crippen molar-refractivity contribution in [2.24, 2.45) is 5.73 Å². The Bertz CT molecular complexity index is 394. The van der Waals surface area contributed by atoms with Gasteiger partial charge >= 0.3 is 0 Å². The number of nitrogens with one attached hydrogen (secondary N) is 2. The number of primary amides is 1. The van der Waals surface area contributed by atoms with Gasteiger partial charge in [0.1, 0.15) is 17.5 Å². The second-order valence-corrected chi connectivity index (χ2v) is 4.05. The lowest BCUT2D eigenvalue weighted by molar-refractivity contribution is -0.116. The van der Waals surface area contributed by atoms with Crippen molar-refractivity contribution in [1.82, 2.24) is 9.97 Å². The minimum Gasteiger partial charge on any atom is -0.370 e. The molecule has 0 aromatic carbocycles. The van der Waals surface area contributed by atoms with E-state index in [4.69, 9.17) is 5.73 Å². The summed E-state index contributed by atoms with van der Waals surface area (Å²) in [5.41, 5.74) is 5.09. The Morgan fingerprint density at radius 2 is 1.89 bits per heavy atom. The average Bonchev–Trinajstić information content (AvgIpc) is 2.34. The highest BCUT2D eigenvalue weighted by atomic mass is 16.1. The number of nitrogens with zero attached hydrogens (tertiary/aromatic N) is 2. The van der Waals surface area contributed by atoms with Crippen LogP contribution in [0.2, 0.25) is 0 Å². The topological polar surface area (TPSA) is 92.9 Å². The molecule has 0 bridgehead atoms. The van der Waals surface area contributed by atoms with Gasteiger partial charge < -0.3 is 16.4 Å². The summed E-state index contributed by atoms with van der Waals surface area (Å²) in [5.74, 6) is 1.77. The number of carbonyl (C=O) groups is 1. The first-order valence-electron chi connectivity index (χ1n) is 6.29. The molecule has 1 aromatic heterocycles. The van der Waals surface area contributed by atoms with Gasteiger partial charge in [0.25, 0.3) is 0 Å². The van der Waals surface area contributed by atoms with Crippen molar-refractivity contribution in [3.05, 3.63) is 11.9 Å². The van der Waals surface area contributed by atoms with Crippen LogP contribution in [0.5, 0.6) is 0 Å². The minimum atomic E-state index is -0.409. The van der Waals surface area contributed by atoms with E-state index in [0.717, 1.165) is 37.4 Å². The molecule has 0 fully saturated rings. The molecule has 0 saturated carbocycles. The molecule has 1 aromatic rings. The zero-order valence-electron chi connectivity index (χ0n) is 11.0. The molecule has 100 valence electrons. The van der Waals surface area contributed by atoms with Gasteiger partial charge in [-0.05, 0) is 12.8 Å². The van der Waals surface area contributed by atoms with Crippen molar-refractivity contribution >= 4 is 17.5 Å². The molecule has 18 heavy (non-hydrogen) atoms. The molecule has 6 nitrogen and oxygen atoms in total. The molecule has 0 unspecified atom stereocenters. The standard InChI is InChI=1S/C12H21N5O/c1-3-5-10-16-11(14-6-4-2)7-12(17-10)15-8-9(13)18/h7H,3-6,8H2,1-2H3,(H2,13,18)(H2,14,15,16,17). The highest BCUT2D eigenvalue weighted by molar-refractivity contribution is 5.78. The molecular formula is C12H21N5O. The lowest BCUT2D eigenvalue weighted by Gasteiger charge is -2.09. The normalized spacial score (nSPS) is 10.1. The molecule has 1 rings (SSSR count). The first kappa shape index (κ1) is 14.2. The van der Waals surface area contributed by atoms with Crippen LogP contribution in [0.1, 0.15) is 32.5 Å². The number of aryl methyl sites for hydroxylation is 1. The van der Waals surface area contributed by atoms with Gasteiger partial charge in [0.15, 0.2) is 0 Å². The van der Waals surface area contributed by atoms with Crippen LogP contribution in [0.3, 0.4) is 0 Å². The number of rotatable bonds is 8. The smallest absolute Gasteiger partial charge is 0.236 e. The number of nitrogens with two attached hydrogens (primary N) is 1. The van der Waals surface area contributed by atoms with Crippen LogP contribution in [-0.4, -0.2) is 29.0 Å². The summed E-state index contributed by atoms with van der Waals surface area (Å²) >= 11 is 0. The highest BCUT2D eigenvalue weighted by Gasteiger charge is 2.04. The number of hydrogen-bond donors (Lipinski definition) is 3. The van der Waals surface area contributed by atoms with Crippen LogP contribution in [0, 0.1) is 0 Å². The third kappa shape index (κ3) is 4.99. The van der Waals surface area contributed by atoms with Crippen molar-refractivity contribution in [2.45, 2.75) is 33.1 Å². The number of anilines is 2. The molecule has 4 N–H and O–H groups in total. The largest absolute Gasteiger partial charge is 0.370 e. The summed E-state index contributed by atoms with van der Waals surface area (Å²) in [6, 6.07) is 1.79. The average molecular weight is 251 g/mol. The second-order valence-electron chi connectivity index (χ2n) is 4.05. The SMILES string of the molecule is CCCNc1cc(NCC(N)=O)nc(CCC)n1. The van der Waals surface area contributed by atoms with Crippen molar-refractivity contribution in [2.75, 3.05) is 23.7 Å². The van der Waals surface area contributed by atoms with E-state index in [1.54, 1.807) is 6.07 Å². The Kier molecular flexibility index (Phi) is 5.90. The van der Waals surface area contributed by atoms with Gasteiger partial charge in [-0.15, -0.1) is 0 Å². The number of carbonyl (C=O) groups excluding carboxylic acids is 1. The summed E-state index contributed by atoms with van der Waals surface area (Å²) < 4.78 is 0. The van der Waals surface area contributed by atoms with E-state index in [1.807, 2.05) is 0 Å². The molecule has 0 aliphatic carbocycles. The predicted octanol–water partition coefficient (Wildman–Crippen LogP) is 1.15. The Labute approximate surface area is 107 Å². The van der Waals surface area contributed by atoms with E-state index in [-0.39, 0.29) is 6.54 Å². The first-order valence-corrected chi connectivity index (χ1v) is 6.29. The Morgan fingerprint density at radius 1 is 1.22 bits per heavy atom. The lowest BCUT2D eigenvalue weighted by Crippen LogP contribution is -2.22. The molecule has 1 amide bonds. The molecule has 0 saturated heterocycles. The van der Waals surface area contributed by atoms with Crippen LogP contribution < -0.4 is 16.4 Å². The summed E-state index contributed by atoms with van der Waals surface area (Å²) in [6.45, 7) is 5.10. The predicted molar refractivity (Wildman–Crippen MR) is 72.5 cm³/mol. The van der Waals surface area contributed by atoms with Crippen molar-refractivity contribution in [3.8, 4) is 0 Å². The maximum Gasteiger partial charge on any atom is 0.236 e. The summed E-state index contributed by atoms with van der Waals surface area (Å²) in [7, 11) is 0. The fourth-order valence-electron chi connectivity index (χ4n) is 1.44. The molecule has 0 atom stereocenters. The third-order valence-corrected chi connectivity index (χ3v) is 2.25. The molecular weight excluding hydrogens is 230 g/mol. The van der Waals surface area contributed by atoms with Crippen LogP contribution in [0.25, 0.3) is 0 Å². The van der Waals surface area contributed by atoms with E-state index in [1.165, 1.54) is 0 Å². The number of hydrogen-bond acceptors (Lipinski definition) is 5. The first-order chi connectivity index (χ1) is 8.65. The maximum atomic E-state index is 10.7. The van der Waals surface area contributed by atoms with Gasteiger partial charge in [-0.2, -0.15) is 0 Å². The quantitative estimate of drug-likeness (QED) is 0.644. The molecule has 0 radical (unpaired) electrons. The van der Waals surface area contributed by atoms with Crippen molar-refractivity contribution in [3.63, 3.8) is 0 Å². The van der Waals surface area contributed by atoms with E-state index < -0.39 is 5.91 Å². The monoisotopic (exact) mass is 251 g/mol. The molecule has 0 aliphatic rings. The third-order valence-electron chi connectivity index (χ3n) is 2.25. The fraction of sp³-hybridized carbons (Fsp3) is 0.583. The van der Waals surface area contributed by atoms with Crippen molar-refractivity contribution in [1.29, 1.82) is 0 Å². The van der Waals surface area contributed by atoms with Gasteiger partial charge in [-0.1, -0.05) is 13.8 Å². The van der Waals surface area contributed by atoms with Crippen LogP contribution in [-0.2, 0) is 11.2 Å². The zero-order valence-corrected chi connectivity index (χ0v) is 11.0. The Hall–Kier alpha value is -1.85. The molecule has 6 heteroatoms. The molecule has 0 spiro atoms. The lowest BCUT2D eigenvalue weighted by atomic mass is 10.3. The van der Waals surface area contributed by atoms with Gasteiger partial charge in [0.05, 0.1) is 6.54 Å². The van der Waals surface area contributed by atoms with Gasteiger partial charge in [0, 0.05) is 19.0 Å². The van der Waals surface area contributed by atoms with Gasteiger partial charge in [-0.25, -0.2) is 9.97 Å². The van der Waals surface area contributed by atoms with Gasteiger partial charge in [-0.3, -0.25) is 4.79 Å². The van der Waals surface area contributed by atoms with E-state index >= 15 is 0 Å². The highest BCUT2D eigenvalue weighted by Crippen LogP contribution is 2.12. The summed E-state index contributed by atoms with van der Waals surface area (Å²) in [6.07, 6.45) is 2.82. The molecule has 0 aliphatic heterocycles. The Morgan fingerprint density at radius 3 is 2.44 bits per heavy atom. The van der Waals surface area contributed by atoms with E-state index in [2.05, 4.69) is 34.4 Å². The Balaban J connectivity index is 2.79. The van der Waals surface area contributed by atoms with Crippen molar-refractivity contribution < 1.29 is 4.79 Å². The van der Waals surface area contributed by atoms with Crippen LogP contribution in [0.4, 0.5) is 11.6 Å².